The summed E-state index contributed by atoms with van der Waals surface area (Å²) in [6.07, 6.45) is 1.88. The van der Waals surface area contributed by atoms with Gasteiger partial charge in [-0.15, -0.1) is 0 Å². The van der Waals surface area contributed by atoms with Crippen LogP contribution in [-0.4, -0.2) is 16.0 Å². The second-order valence-electron chi connectivity index (χ2n) is 5.90. The monoisotopic (exact) mass is 413 g/mol. The van der Waals surface area contributed by atoms with Crippen LogP contribution in [0.3, 0.4) is 0 Å². The topological polar surface area (TPSA) is 81.2 Å². The normalized spacial score (nSPS) is 10.8. The molecule has 6 nitrogen and oxygen atoms in total. The predicted octanol–water partition coefficient (Wildman–Crippen LogP) is 5.48. The first-order valence-electron chi connectivity index (χ1n) is 8.31. The molecule has 4 aromatic rings. The number of aromatic nitrogens is 2. The minimum atomic E-state index is -0.359. The van der Waals surface area contributed by atoms with Crippen LogP contribution in [0.15, 0.2) is 69.8 Å². The molecule has 0 aliphatic heterocycles. The molecule has 0 aliphatic rings. The number of carbonyl (C=O) groups is 1. The van der Waals surface area contributed by atoms with E-state index in [1.54, 1.807) is 30.3 Å². The van der Waals surface area contributed by atoms with Gasteiger partial charge in [0.25, 0.3) is 5.91 Å². The third kappa shape index (κ3) is 3.93. The smallest absolute Gasteiger partial charge is 0.257 e. The van der Waals surface area contributed by atoms with E-state index >= 15 is 0 Å². The number of hydrogen-bond acceptors (Lipinski definition) is 5. The van der Waals surface area contributed by atoms with Crippen molar-refractivity contribution in [2.75, 3.05) is 5.32 Å². The minimum Gasteiger partial charge on any atom is -0.461 e. The molecular weight excluding hydrogens is 401 g/mol. The molecule has 2 aromatic heterocycles. The Morgan fingerprint density at radius 3 is 2.75 bits per heavy atom. The molecular formula is C20H13Cl2N3O3. The number of halogens is 2. The molecule has 0 atom stereocenters. The summed E-state index contributed by atoms with van der Waals surface area (Å²) in [7, 11) is 0. The largest absolute Gasteiger partial charge is 0.461 e. The molecule has 1 N–H and O–H groups in total. The Kier molecular flexibility index (Phi) is 5.14. The number of benzene rings is 2. The van der Waals surface area contributed by atoms with Crippen molar-refractivity contribution in [1.82, 2.24) is 10.1 Å². The molecule has 0 spiro atoms. The fourth-order valence-electron chi connectivity index (χ4n) is 2.65. The average molecular weight is 414 g/mol. The lowest BCUT2D eigenvalue weighted by Crippen LogP contribution is -2.14. The molecule has 2 aromatic carbocycles. The highest BCUT2D eigenvalue weighted by molar-refractivity contribution is 6.36. The zero-order valence-electron chi connectivity index (χ0n) is 14.4. The van der Waals surface area contributed by atoms with Crippen LogP contribution in [0.4, 0.5) is 5.69 Å². The number of nitrogens with one attached hydrogen (secondary N) is 1. The molecule has 0 fully saturated rings. The Hall–Kier alpha value is -3.09. The van der Waals surface area contributed by atoms with Gasteiger partial charge in [0.05, 0.1) is 23.3 Å². The van der Waals surface area contributed by atoms with Gasteiger partial charge in [-0.1, -0.05) is 46.6 Å². The zero-order valence-corrected chi connectivity index (χ0v) is 15.9. The summed E-state index contributed by atoms with van der Waals surface area (Å²) in [5.41, 5.74) is 1.71. The van der Waals surface area contributed by atoms with Gasteiger partial charge in [-0.25, -0.2) is 0 Å². The number of para-hydroxylation sites is 1. The Morgan fingerprint density at radius 1 is 1.07 bits per heavy atom. The van der Waals surface area contributed by atoms with Gasteiger partial charge in [-0.05, 0) is 42.0 Å². The summed E-state index contributed by atoms with van der Waals surface area (Å²) < 4.78 is 10.6. The highest BCUT2D eigenvalue weighted by atomic mass is 35.5. The van der Waals surface area contributed by atoms with Gasteiger partial charge < -0.3 is 14.3 Å². The summed E-state index contributed by atoms with van der Waals surface area (Å²) in [6, 6.07) is 15.6. The van der Waals surface area contributed by atoms with Gasteiger partial charge in [0.1, 0.15) is 0 Å². The molecule has 0 radical (unpaired) electrons. The van der Waals surface area contributed by atoms with E-state index in [1.165, 1.54) is 12.3 Å². The van der Waals surface area contributed by atoms with E-state index in [-0.39, 0.29) is 5.91 Å². The van der Waals surface area contributed by atoms with Crippen LogP contribution < -0.4 is 5.32 Å². The van der Waals surface area contributed by atoms with Gasteiger partial charge in [0.2, 0.25) is 11.7 Å². The molecule has 1 amide bonds. The molecule has 0 saturated carbocycles. The first-order valence-corrected chi connectivity index (χ1v) is 9.06. The first kappa shape index (κ1) is 18.3. The molecule has 0 bridgehead atoms. The van der Waals surface area contributed by atoms with E-state index in [0.717, 1.165) is 5.56 Å². The van der Waals surface area contributed by atoms with Crippen molar-refractivity contribution in [3.63, 3.8) is 0 Å². The third-order valence-electron chi connectivity index (χ3n) is 3.99. The van der Waals surface area contributed by atoms with E-state index in [4.69, 9.17) is 32.1 Å². The number of nitrogens with zero attached hydrogens (tertiary/aromatic N) is 2. The van der Waals surface area contributed by atoms with Gasteiger partial charge in [-0.2, -0.15) is 4.98 Å². The van der Waals surface area contributed by atoms with Crippen molar-refractivity contribution >= 4 is 34.8 Å². The number of rotatable bonds is 5. The SMILES string of the molecule is O=C(Nc1ccccc1Cc1nc(-c2ccco2)no1)c1cc(Cl)ccc1Cl. The van der Waals surface area contributed by atoms with Crippen LogP contribution in [0, 0.1) is 0 Å². The zero-order chi connectivity index (χ0) is 19.5. The van der Waals surface area contributed by atoms with Crippen LogP contribution in [-0.2, 0) is 6.42 Å². The maximum atomic E-state index is 12.6. The molecule has 0 aliphatic carbocycles. The Morgan fingerprint density at radius 2 is 1.93 bits per heavy atom. The quantitative estimate of drug-likeness (QED) is 0.468. The molecule has 140 valence electrons. The lowest BCUT2D eigenvalue weighted by molar-refractivity contribution is 0.102. The van der Waals surface area contributed by atoms with Crippen molar-refractivity contribution in [2.45, 2.75) is 6.42 Å². The lowest BCUT2D eigenvalue weighted by atomic mass is 10.1. The maximum absolute atomic E-state index is 12.6. The van der Waals surface area contributed by atoms with E-state index < -0.39 is 0 Å². The first-order chi connectivity index (χ1) is 13.6. The number of furan rings is 1. The number of anilines is 1. The van der Waals surface area contributed by atoms with E-state index in [0.29, 0.717) is 45.2 Å². The molecule has 28 heavy (non-hydrogen) atoms. The lowest BCUT2D eigenvalue weighted by Gasteiger charge is -2.11. The number of amides is 1. The fourth-order valence-corrected chi connectivity index (χ4v) is 3.03. The molecule has 8 heteroatoms. The average Bonchev–Trinajstić information content (AvgIpc) is 3.37. The standard InChI is InChI=1S/C20H13Cl2N3O3/c21-13-7-8-15(22)14(11-13)20(26)23-16-5-2-1-4-12(16)10-18-24-19(25-28-18)17-6-3-9-27-17/h1-9,11H,10H2,(H,23,26). The second kappa shape index (κ2) is 7.88. The summed E-state index contributed by atoms with van der Waals surface area (Å²) in [4.78, 5) is 17.0. The molecule has 4 rings (SSSR count). The summed E-state index contributed by atoms with van der Waals surface area (Å²) in [5.74, 6) is 0.926. The number of hydrogen-bond donors (Lipinski definition) is 1. The van der Waals surface area contributed by atoms with Crippen LogP contribution in [0.1, 0.15) is 21.8 Å². The third-order valence-corrected chi connectivity index (χ3v) is 4.55. The van der Waals surface area contributed by atoms with Gasteiger partial charge >= 0.3 is 0 Å². The van der Waals surface area contributed by atoms with Gasteiger partial charge in [-0.3, -0.25) is 4.79 Å². The van der Waals surface area contributed by atoms with Crippen LogP contribution in [0.5, 0.6) is 0 Å². The Labute approximate surface area is 170 Å². The highest BCUT2D eigenvalue weighted by Gasteiger charge is 2.16. The van der Waals surface area contributed by atoms with E-state index in [1.807, 2.05) is 18.2 Å². The molecule has 2 heterocycles. The summed E-state index contributed by atoms with van der Waals surface area (Å²) in [5, 5.41) is 7.52. The number of carbonyl (C=O) groups excluding carboxylic acids is 1. The van der Waals surface area contributed by atoms with Crippen LogP contribution in [0.25, 0.3) is 11.6 Å². The Bertz CT molecular complexity index is 1120. The van der Waals surface area contributed by atoms with E-state index in [2.05, 4.69) is 15.5 Å². The molecule has 0 saturated heterocycles. The van der Waals surface area contributed by atoms with Crippen molar-refractivity contribution < 1.29 is 13.7 Å². The summed E-state index contributed by atoms with van der Waals surface area (Å²) in [6.45, 7) is 0. The van der Waals surface area contributed by atoms with Crippen molar-refractivity contribution in [3.05, 3.63) is 87.9 Å². The van der Waals surface area contributed by atoms with Gasteiger partial charge in [0, 0.05) is 10.7 Å². The van der Waals surface area contributed by atoms with Crippen molar-refractivity contribution in [3.8, 4) is 11.6 Å². The summed E-state index contributed by atoms with van der Waals surface area (Å²) >= 11 is 12.1. The van der Waals surface area contributed by atoms with Crippen molar-refractivity contribution in [1.29, 1.82) is 0 Å². The van der Waals surface area contributed by atoms with Crippen LogP contribution >= 0.6 is 23.2 Å². The van der Waals surface area contributed by atoms with Gasteiger partial charge in [0.15, 0.2) is 5.76 Å². The van der Waals surface area contributed by atoms with Crippen LogP contribution in [0.2, 0.25) is 10.0 Å². The maximum Gasteiger partial charge on any atom is 0.257 e. The van der Waals surface area contributed by atoms with Crippen molar-refractivity contribution in [2.24, 2.45) is 0 Å². The van der Waals surface area contributed by atoms with E-state index in [9.17, 15) is 4.79 Å². The minimum absolute atomic E-state index is 0.293. The second-order valence-corrected chi connectivity index (χ2v) is 6.74. The predicted molar refractivity (Wildman–Crippen MR) is 106 cm³/mol. The fraction of sp³-hybridized carbons (Fsp3) is 0.0500. The molecule has 0 unspecified atom stereocenters. The Balaban J connectivity index is 1.56. The highest BCUT2D eigenvalue weighted by Crippen LogP contribution is 2.24.